The highest BCUT2D eigenvalue weighted by Crippen LogP contribution is 2.28. The Bertz CT molecular complexity index is 1210. The molecule has 0 saturated carbocycles. The van der Waals surface area contributed by atoms with Crippen molar-refractivity contribution in [2.24, 2.45) is 4.99 Å². The molecule has 0 amide bonds. The molecule has 0 unspecified atom stereocenters. The monoisotopic (exact) mass is 401 g/mol. The Labute approximate surface area is 160 Å². The third-order valence-corrected chi connectivity index (χ3v) is 3.94. The normalized spacial score (nSPS) is 11.0. The van der Waals surface area contributed by atoms with Crippen LogP contribution in [-0.4, -0.2) is 25.8 Å². The molecule has 142 valence electrons. The fourth-order valence-electron chi connectivity index (χ4n) is 2.34. The molecule has 0 bridgehead atoms. The summed E-state index contributed by atoms with van der Waals surface area (Å²) < 4.78 is 0.810. The Hall–Kier alpha value is -3.92. The third-order valence-electron chi connectivity index (χ3n) is 3.69. The van der Waals surface area contributed by atoms with E-state index in [0.717, 1.165) is 29.0 Å². The van der Waals surface area contributed by atoms with Crippen LogP contribution < -0.4 is 16.4 Å². The van der Waals surface area contributed by atoms with Gasteiger partial charge in [-0.1, -0.05) is 23.4 Å². The second kappa shape index (κ2) is 7.37. The zero-order valence-corrected chi connectivity index (χ0v) is 14.6. The molecule has 10 nitrogen and oxygen atoms in total. The summed E-state index contributed by atoms with van der Waals surface area (Å²) in [6.45, 7) is 0. The van der Waals surface area contributed by atoms with Crippen LogP contribution in [0.25, 0.3) is 5.69 Å². The molecule has 0 aliphatic heterocycles. The number of H-pyrrole nitrogens is 1. The van der Waals surface area contributed by atoms with Gasteiger partial charge in [-0.05, 0) is 24.3 Å². The van der Waals surface area contributed by atoms with E-state index in [1.165, 1.54) is 24.3 Å². The number of benzene rings is 2. The first-order chi connectivity index (χ1) is 13.3. The predicted molar refractivity (Wildman–Crippen MR) is 99.1 cm³/mol. The zero-order chi connectivity index (χ0) is 20.4. The molecule has 0 spiro atoms. The second-order valence-electron chi connectivity index (χ2n) is 5.48. The van der Waals surface area contributed by atoms with Gasteiger partial charge in [-0.25, -0.2) is 9.36 Å². The number of aromatic nitrogens is 2. The number of nitro groups is 1. The van der Waals surface area contributed by atoms with Crippen LogP contribution in [0.1, 0.15) is 5.56 Å². The van der Waals surface area contributed by atoms with E-state index in [1.54, 1.807) is 0 Å². The Morgan fingerprint density at radius 1 is 1.18 bits per heavy atom. The lowest BCUT2D eigenvalue weighted by molar-refractivity contribution is -0.385. The quantitative estimate of drug-likeness (QED) is 0.384. The maximum absolute atomic E-state index is 12.1. The van der Waals surface area contributed by atoms with Crippen LogP contribution in [0.15, 0.2) is 57.0 Å². The summed E-state index contributed by atoms with van der Waals surface area (Å²) in [6, 6.07) is 8.76. The number of non-ortho nitro benzene ring substituents is 1. The van der Waals surface area contributed by atoms with Gasteiger partial charge in [0.1, 0.15) is 5.56 Å². The minimum Gasteiger partial charge on any atom is -0.871 e. The molecule has 11 heteroatoms. The van der Waals surface area contributed by atoms with Gasteiger partial charge in [0.05, 0.1) is 16.3 Å². The van der Waals surface area contributed by atoms with Crippen molar-refractivity contribution in [2.45, 2.75) is 0 Å². The molecule has 1 aromatic heterocycles. The summed E-state index contributed by atoms with van der Waals surface area (Å²) in [6.07, 6.45) is 0.848. The Morgan fingerprint density at radius 2 is 1.86 bits per heavy atom. The fourth-order valence-corrected chi connectivity index (χ4v) is 2.46. The van der Waals surface area contributed by atoms with Gasteiger partial charge in [-0.15, -0.1) is 0 Å². The van der Waals surface area contributed by atoms with E-state index in [9.17, 15) is 29.9 Å². The Morgan fingerprint density at radius 3 is 2.50 bits per heavy atom. The van der Waals surface area contributed by atoms with Gasteiger partial charge in [0.2, 0.25) is 5.88 Å². The number of hydrogen-bond acceptors (Lipinski definition) is 7. The van der Waals surface area contributed by atoms with Gasteiger partial charge in [0.15, 0.2) is 0 Å². The lowest BCUT2D eigenvalue weighted by Crippen LogP contribution is -2.31. The molecule has 0 aliphatic rings. The van der Waals surface area contributed by atoms with Crippen LogP contribution >= 0.6 is 11.6 Å². The number of nitro benzene ring substituents is 1. The minimum absolute atomic E-state index is 0.220. The summed E-state index contributed by atoms with van der Waals surface area (Å²) in [5, 5.41) is 33.4. The molecule has 0 radical (unpaired) electrons. The predicted octanol–water partition coefficient (Wildman–Crippen LogP) is 1.62. The van der Waals surface area contributed by atoms with Crippen molar-refractivity contribution in [2.75, 3.05) is 0 Å². The first-order valence-electron chi connectivity index (χ1n) is 7.61. The van der Waals surface area contributed by atoms with Crippen LogP contribution in [-0.2, 0) is 0 Å². The highest BCUT2D eigenvalue weighted by Gasteiger charge is 2.14. The summed E-state index contributed by atoms with van der Waals surface area (Å²) in [7, 11) is 0. The summed E-state index contributed by atoms with van der Waals surface area (Å²) in [5.41, 5.74) is -2.72. The van der Waals surface area contributed by atoms with E-state index < -0.39 is 33.4 Å². The molecule has 3 rings (SSSR count). The zero-order valence-electron chi connectivity index (χ0n) is 13.8. The van der Waals surface area contributed by atoms with E-state index in [4.69, 9.17) is 11.6 Å². The van der Waals surface area contributed by atoms with Gasteiger partial charge >= 0.3 is 5.69 Å². The van der Waals surface area contributed by atoms with Crippen molar-refractivity contribution in [1.29, 1.82) is 0 Å². The van der Waals surface area contributed by atoms with Gasteiger partial charge in [0, 0.05) is 23.4 Å². The molecule has 1 heterocycles. The minimum atomic E-state index is -0.950. The lowest BCUT2D eigenvalue weighted by Gasteiger charge is -2.10. The topological polar surface area (TPSA) is 154 Å². The maximum Gasteiger partial charge on any atom is 0.335 e. The number of hydrogen-bond donors (Lipinski definition) is 2. The Kier molecular flexibility index (Phi) is 4.96. The van der Waals surface area contributed by atoms with Crippen LogP contribution in [0, 0.1) is 10.1 Å². The van der Waals surface area contributed by atoms with Gasteiger partial charge in [-0.3, -0.25) is 24.9 Å². The number of aromatic hydroxyl groups is 1. The standard InChI is InChI=1S/C17H11ClN4O6/c18-9-1-3-10(4-2-9)21-16(25)12(15(24)20-17(21)26)8-19-13-7-11(22(27)28)5-6-14(13)23/h1-8,23,25H,(H,20,24,26)/p-1. The van der Waals surface area contributed by atoms with E-state index in [-0.39, 0.29) is 17.1 Å². The number of nitrogens with one attached hydrogen (secondary N) is 1. The van der Waals surface area contributed by atoms with E-state index >= 15 is 0 Å². The molecular formula is C17H10ClN4O6-. The smallest absolute Gasteiger partial charge is 0.335 e. The molecular weight excluding hydrogens is 392 g/mol. The molecule has 0 atom stereocenters. The highest BCUT2D eigenvalue weighted by atomic mass is 35.5. The Balaban J connectivity index is 2.12. The lowest BCUT2D eigenvalue weighted by atomic mass is 10.2. The molecule has 0 saturated heterocycles. The number of nitrogens with zero attached hydrogens (tertiary/aromatic N) is 3. The molecule has 28 heavy (non-hydrogen) atoms. The molecule has 0 fully saturated rings. The maximum atomic E-state index is 12.1. The number of aliphatic imine (C=N–C) groups is 1. The molecule has 3 aromatic rings. The van der Waals surface area contributed by atoms with Crippen molar-refractivity contribution in [3.63, 3.8) is 0 Å². The van der Waals surface area contributed by atoms with E-state index in [2.05, 4.69) is 4.99 Å². The third kappa shape index (κ3) is 3.62. The number of halogens is 1. The van der Waals surface area contributed by atoms with Gasteiger partial charge in [-0.2, -0.15) is 0 Å². The molecule has 0 aliphatic carbocycles. The first kappa shape index (κ1) is 18.9. The van der Waals surface area contributed by atoms with Crippen LogP contribution in [0.4, 0.5) is 11.4 Å². The number of aromatic amines is 1. The summed E-state index contributed by atoms with van der Waals surface area (Å²) in [5.74, 6) is -1.35. The van der Waals surface area contributed by atoms with Crippen molar-refractivity contribution in [3.8, 4) is 17.3 Å². The fraction of sp³-hybridized carbons (Fsp3) is 0. The average molecular weight is 402 g/mol. The van der Waals surface area contributed by atoms with E-state index in [0.29, 0.717) is 5.02 Å². The van der Waals surface area contributed by atoms with E-state index in [1.807, 2.05) is 4.98 Å². The molecule has 2 aromatic carbocycles. The van der Waals surface area contributed by atoms with Crippen LogP contribution in [0.3, 0.4) is 0 Å². The van der Waals surface area contributed by atoms with Crippen molar-refractivity contribution < 1.29 is 15.1 Å². The van der Waals surface area contributed by atoms with Gasteiger partial charge in [0.25, 0.3) is 11.2 Å². The highest BCUT2D eigenvalue weighted by molar-refractivity contribution is 6.30. The number of rotatable bonds is 4. The molecule has 2 N–H and O–H groups in total. The van der Waals surface area contributed by atoms with Crippen molar-refractivity contribution in [3.05, 3.63) is 84.0 Å². The SMILES string of the molecule is O=c1[nH]c(=O)n(-c2ccc(Cl)cc2)c(O)c1C=Nc1cc([N+](=O)[O-])ccc1[O-]. The average Bonchev–Trinajstić information content (AvgIpc) is 2.64. The van der Waals surface area contributed by atoms with Crippen molar-refractivity contribution in [1.82, 2.24) is 9.55 Å². The van der Waals surface area contributed by atoms with Gasteiger partial charge < -0.3 is 10.2 Å². The first-order valence-corrected chi connectivity index (χ1v) is 7.99. The van der Waals surface area contributed by atoms with Crippen LogP contribution in [0.2, 0.25) is 5.02 Å². The summed E-state index contributed by atoms with van der Waals surface area (Å²) >= 11 is 5.80. The summed E-state index contributed by atoms with van der Waals surface area (Å²) in [4.78, 5) is 40.0. The second-order valence-corrected chi connectivity index (χ2v) is 5.91. The largest absolute Gasteiger partial charge is 0.871 e. The van der Waals surface area contributed by atoms with Crippen LogP contribution in [0.5, 0.6) is 11.6 Å². The van der Waals surface area contributed by atoms with Crippen molar-refractivity contribution >= 4 is 29.2 Å².